The maximum Gasteiger partial charge on any atom is 0.184 e. The summed E-state index contributed by atoms with van der Waals surface area (Å²) in [4.78, 5) is 0. The second kappa shape index (κ2) is 5.48. The second-order valence-electron chi connectivity index (χ2n) is 5.19. The summed E-state index contributed by atoms with van der Waals surface area (Å²) in [7, 11) is 1.64. The fourth-order valence-corrected chi connectivity index (χ4v) is 2.80. The summed E-state index contributed by atoms with van der Waals surface area (Å²) >= 11 is 0. The van der Waals surface area contributed by atoms with Gasteiger partial charge in [-0.3, -0.25) is 0 Å². The van der Waals surface area contributed by atoms with Crippen molar-refractivity contribution in [2.75, 3.05) is 12.8 Å². The molecule has 1 saturated carbocycles. The van der Waals surface area contributed by atoms with Crippen molar-refractivity contribution in [3.63, 3.8) is 0 Å². The molecular formula is C14H19N5O. The highest BCUT2D eigenvalue weighted by Crippen LogP contribution is 2.33. The molecule has 1 aromatic heterocycles. The lowest BCUT2D eigenvalue weighted by Gasteiger charge is -2.22. The number of hydrogen-bond acceptors (Lipinski definition) is 5. The van der Waals surface area contributed by atoms with Crippen molar-refractivity contribution in [1.29, 1.82) is 0 Å². The molecule has 1 aliphatic rings. The molecule has 0 unspecified atom stereocenters. The van der Waals surface area contributed by atoms with Gasteiger partial charge in [-0.2, -0.15) is 0 Å². The Morgan fingerprint density at radius 1 is 1.25 bits per heavy atom. The fraction of sp³-hybridized carbons (Fsp3) is 0.500. The molecule has 0 bridgehead atoms. The van der Waals surface area contributed by atoms with Crippen molar-refractivity contribution in [2.24, 2.45) is 0 Å². The number of hydrogen-bond donors (Lipinski definition) is 1. The van der Waals surface area contributed by atoms with E-state index in [0.717, 1.165) is 30.0 Å². The molecule has 1 aliphatic carbocycles. The highest BCUT2D eigenvalue weighted by Gasteiger charge is 2.22. The molecule has 1 aromatic carbocycles. The third kappa shape index (κ3) is 2.33. The number of methoxy groups -OCH3 is 1. The fourth-order valence-electron chi connectivity index (χ4n) is 2.80. The zero-order valence-electron chi connectivity index (χ0n) is 11.6. The van der Waals surface area contributed by atoms with Crippen molar-refractivity contribution in [3.05, 3.63) is 18.2 Å². The molecule has 0 radical (unpaired) electrons. The molecule has 6 heteroatoms. The van der Waals surface area contributed by atoms with E-state index in [2.05, 4.69) is 15.5 Å². The van der Waals surface area contributed by atoms with E-state index in [1.54, 1.807) is 7.11 Å². The van der Waals surface area contributed by atoms with Crippen molar-refractivity contribution < 1.29 is 4.74 Å². The highest BCUT2D eigenvalue weighted by atomic mass is 16.5. The third-order valence-electron chi connectivity index (χ3n) is 3.91. The van der Waals surface area contributed by atoms with Gasteiger partial charge in [0.1, 0.15) is 5.75 Å². The smallest absolute Gasteiger partial charge is 0.184 e. The molecule has 6 nitrogen and oxygen atoms in total. The lowest BCUT2D eigenvalue weighted by atomic mass is 9.95. The van der Waals surface area contributed by atoms with Crippen LogP contribution in [0.3, 0.4) is 0 Å². The topological polar surface area (TPSA) is 78.8 Å². The van der Waals surface area contributed by atoms with Crippen LogP contribution in [0.5, 0.6) is 5.75 Å². The Morgan fingerprint density at radius 3 is 2.80 bits per heavy atom. The number of anilines is 1. The molecule has 0 amide bonds. The Balaban J connectivity index is 2.00. The van der Waals surface area contributed by atoms with Crippen LogP contribution in [0.25, 0.3) is 11.4 Å². The van der Waals surface area contributed by atoms with Crippen LogP contribution in [0.4, 0.5) is 5.69 Å². The van der Waals surface area contributed by atoms with Crippen molar-refractivity contribution in [2.45, 2.75) is 38.1 Å². The van der Waals surface area contributed by atoms with Gasteiger partial charge >= 0.3 is 0 Å². The number of nitrogens with two attached hydrogens (primary N) is 1. The number of benzene rings is 1. The monoisotopic (exact) mass is 273 g/mol. The number of tetrazole rings is 1. The minimum absolute atomic E-state index is 0.374. The molecule has 0 aliphatic heterocycles. The van der Waals surface area contributed by atoms with Crippen LogP contribution in [0.15, 0.2) is 18.2 Å². The predicted molar refractivity (Wildman–Crippen MR) is 76.3 cm³/mol. The van der Waals surface area contributed by atoms with E-state index in [0.29, 0.717) is 11.7 Å². The maximum atomic E-state index is 6.07. The van der Waals surface area contributed by atoms with Gasteiger partial charge < -0.3 is 10.5 Å². The minimum atomic E-state index is 0.374. The van der Waals surface area contributed by atoms with E-state index in [-0.39, 0.29) is 0 Å². The van der Waals surface area contributed by atoms with E-state index in [9.17, 15) is 0 Å². The summed E-state index contributed by atoms with van der Waals surface area (Å²) < 4.78 is 7.18. The summed E-state index contributed by atoms with van der Waals surface area (Å²) in [6, 6.07) is 5.93. The normalized spacial score (nSPS) is 16.2. The zero-order chi connectivity index (χ0) is 13.9. The quantitative estimate of drug-likeness (QED) is 0.869. The molecular weight excluding hydrogens is 254 g/mol. The Labute approximate surface area is 117 Å². The highest BCUT2D eigenvalue weighted by molar-refractivity contribution is 5.73. The molecule has 2 aromatic rings. The molecule has 1 fully saturated rings. The number of nitrogen functional groups attached to an aromatic ring is 1. The van der Waals surface area contributed by atoms with Gasteiger partial charge in [-0.1, -0.05) is 19.3 Å². The Hall–Kier alpha value is -2.11. The van der Waals surface area contributed by atoms with Crippen LogP contribution < -0.4 is 10.5 Å². The number of rotatable bonds is 3. The van der Waals surface area contributed by atoms with Gasteiger partial charge in [-0.25, -0.2) is 4.68 Å². The predicted octanol–water partition coefficient (Wildman–Crippen LogP) is 2.44. The molecule has 1 heterocycles. The van der Waals surface area contributed by atoms with E-state index < -0.39 is 0 Å². The first-order valence-corrected chi connectivity index (χ1v) is 7.01. The molecule has 0 spiro atoms. The van der Waals surface area contributed by atoms with Crippen molar-refractivity contribution >= 4 is 5.69 Å². The first-order valence-electron chi connectivity index (χ1n) is 7.01. The van der Waals surface area contributed by atoms with Crippen LogP contribution in [-0.2, 0) is 0 Å². The van der Waals surface area contributed by atoms with Crippen LogP contribution in [0.1, 0.15) is 38.1 Å². The van der Waals surface area contributed by atoms with Gasteiger partial charge in [0.15, 0.2) is 5.82 Å². The van der Waals surface area contributed by atoms with E-state index in [1.807, 2.05) is 22.9 Å². The number of nitrogens with zero attached hydrogens (tertiary/aromatic N) is 4. The lowest BCUT2D eigenvalue weighted by Crippen LogP contribution is -2.15. The first-order chi connectivity index (χ1) is 9.79. The Morgan fingerprint density at radius 2 is 2.05 bits per heavy atom. The SMILES string of the molecule is COc1ccc(N)c(-c2nnnn2C2CCCCC2)c1. The molecule has 2 N–H and O–H groups in total. The minimum Gasteiger partial charge on any atom is -0.497 e. The zero-order valence-corrected chi connectivity index (χ0v) is 11.6. The maximum absolute atomic E-state index is 6.07. The summed E-state index contributed by atoms with van der Waals surface area (Å²) in [6.07, 6.45) is 6.02. The summed E-state index contributed by atoms with van der Waals surface area (Å²) in [5.74, 6) is 1.49. The van der Waals surface area contributed by atoms with Gasteiger partial charge in [0, 0.05) is 11.3 Å². The van der Waals surface area contributed by atoms with Crippen LogP contribution in [0, 0.1) is 0 Å². The molecule has 3 rings (SSSR count). The summed E-state index contributed by atoms with van der Waals surface area (Å²) in [6.45, 7) is 0. The average Bonchev–Trinajstić information content (AvgIpc) is 2.98. The Bertz CT molecular complexity index is 589. The van der Waals surface area contributed by atoms with E-state index >= 15 is 0 Å². The number of ether oxygens (including phenoxy) is 1. The molecule has 0 atom stereocenters. The largest absolute Gasteiger partial charge is 0.497 e. The van der Waals surface area contributed by atoms with Crippen LogP contribution >= 0.6 is 0 Å². The van der Waals surface area contributed by atoms with E-state index in [4.69, 9.17) is 10.5 Å². The van der Waals surface area contributed by atoms with Crippen molar-refractivity contribution in [1.82, 2.24) is 20.2 Å². The Kier molecular flexibility index (Phi) is 3.54. The van der Waals surface area contributed by atoms with Gasteiger partial charge in [0.25, 0.3) is 0 Å². The van der Waals surface area contributed by atoms with Crippen molar-refractivity contribution in [3.8, 4) is 17.1 Å². The molecule has 0 saturated heterocycles. The van der Waals surface area contributed by atoms with Gasteiger partial charge in [-0.15, -0.1) is 5.10 Å². The second-order valence-corrected chi connectivity index (χ2v) is 5.19. The average molecular weight is 273 g/mol. The first kappa shape index (κ1) is 12.9. The molecule has 106 valence electrons. The standard InChI is InChI=1S/C14H19N5O/c1-20-11-7-8-13(15)12(9-11)14-16-17-18-19(14)10-5-3-2-4-6-10/h7-10H,2-6,15H2,1H3. The van der Waals surface area contributed by atoms with Gasteiger partial charge in [-0.05, 0) is 41.5 Å². The molecule has 20 heavy (non-hydrogen) atoms. The number of aromatic nitrogens is 4. The lowest BCUT2D eigenvalue weighted by molar-refractivity contribution is 0.327. The van der Waals surface area contributed by atoms with E-state index in [1.165, 1.54) is 19.3 Å². The summed E-state index contributed by atoms with van der Waals surface area (Å²) in [5.41, 5.74) is 7.57. The van der Waals surface area contributed by atoms with Gasteiger partial charge in [0.05, 0.1) is 13.2 Å². The van der Waals surface area contributed by atoms with Crippen LogP contribution in [-0.4, -0.2) is 27.3 Å². The summed E-state index contributed by atoms with van der Waals surface area (Å²) in [5, 5.41) is 12.2. The van der Waals surface area contributed by atoms with Gasteiger partial charge in [0.2, 0.25) is 0 Å². The van der Waals surface area contributed by atoms with Crippen LogP contribution in [0.2, 0.25) is 0 Å². The third-order valence-corrected chi connectivity index (χ3v) is 3.91.